The van der Waals surface area contributed by atoms with Crippen LogP contribution in [0.3, 0.4) is 0 Å². The van der Waals surface area contributed by atoms with Crippen molar-refractivity contribution >= 4 is 11.8 Å². The predicted molar refractivity (Wildman–Crippen MR) is 162 cm³/mol. The third-order valence-electron chi connectivity index (χ3n) is 8.70. The van der Waals surface area contributed by atoms with Gasteiger partial charge >= 0.3 is 0 Å². The van der Waals surface area contributed by atoms with Crippen LogP contribution < -0.4 is 25.8 Å². The summed E-state index contributed by atoms with van der Waals surface area (Å²) in [5.74, 6) is 2.14. The molecule has 2 rings (SSSR count). The van der Waals surface area contributed by atoms with Crippen molar-refractivity contribution in [2.45, 2.75) is 97.8 Å². The molecule has 0 aromatic heterocycles. The molecular formula is C32H55N3O6. The fourth-order valence-electron chi connectivity index (χ4n) is 5.76. The van der Waals surface area contributed by atoms with Gasteiger partial charge in [0.2, 0.25) is 11.8 Å². The van der Waals surface area contributed by atoms with Crippen molar-refractivity contribution in [2.75, 3.05) is 34.0 Å². The minimum atomic E-state index is -0.845. The lowest BCUT2D eigenvalue weighted by molar-refractivity contribution is -0.133. The van der Waals surface area contributed by atoms with Crippen LogP contribution in [-0.4, -0.2) is 69.1 Å². The quantitative estimate of drug-likeness (QED) is 0.207. The Morgan fingerprint density at radius 2 is 1.78 bits per heavy atom. The number of aliphatic hydroxyl groups excluding tert-OH is 1. The number of hydrogen-bond acceptors (Lipinski definition) is 7. The molecule has 0 heterocycles. The molecule has 0 unspecified atom stereocenters. The number of benzene rings is 1. The van der Waals surface area contributed by atoms with Crippen molar-refractivity contribution in [3.8, 4) is 11.5 Å². The first-order valence-corrected chi connectivity index (χ1v) is 15.2. The number of ether oxygens (including phenoxy) is 3. The van der Waals surface area contributed by atoms with Gasteiger partial charge in [-0.05, 0) is 74.0 Å². The van der Waals surface area contributed by atoms with Crippen molar-refractivity contribution in [3.63, 3.8) is 0 Å². The molecule has 1 aromatic carbocycles. The molecule has 9 heteroatoms. The number of aliphatic hydroxyl groups is 1. The van der Waals surface area contributed by atoms with Crippen LogP contribution >= 0.6 is 0 Å². The second-order valence-electron chi connectivity index (χ2n) is 12.5. The summed E-state index contributed by atoms with van der Waals surface area (Å²) in [4.78, 5) is 24.5. The predicted octanol–water partition coefficient (Wildman–Crippen LogP) is 3.84. The third kappa shape index (κ3) is 11.1. The van der Waals surface area contributed by atoms with E-state index in [4.69, 9.17) is 19.9 Å². The van der Waals surface area contributed by atoms with Crippen LogP contribution in [0.4, 0.5) is 0 Å². The minimum absolute atomic E-state index is 0.00743. The highest BCUT2D eigenvalue weighted by molar-refractivity contribution is 5.82. The Hall–Kier alpha value is -2.36. The molecule has 41 heavy (non-hydrogen) atoms. The Labute approximate surface area is 247 Å². The summed E-state index contributed by atoms with van der Waals surface area (Å²) in [6.45, 7) is 11.1. The van der Waals surface area contributed by atoms with Crippen LogP contribution in [0.5, 0.6) is 11.5 Å². The second kappa shape index (κ2) is 16.9. The zero-order valence-corrected chi connectivity index (χ0v) is 26.3. The van der Waals surface area contributed by atoms with Gasteiger partial charge in [-0.15, -0.1) is 0 Å². The number of amides is 2. The van der Waals surface area contributed by atoms with E-state index in [1.165, 1.54) is 0 Å². The van der Waals surface area contributed by atoms with E-state index in [2.05, 4.69) is 24.5 Å². The number of nitrogens with two attached hydrogens (primary N) is 1. The van der Waals surface area contributed by atoms with Gasteiger partial charge in [-0.1, -0.05) is 33.8 Å². The highest BCUT2D eigenvalue weighted by Gasteiger charge is 2.39. The van der Waals surface area contributed by atoms with Crippen molar-refractivity contribution in [1.82, 2.24) is 10.6 Å². The molecular weight excluding hydrogens is 522 g/mol. The maximum Gasteiger partial charge on any atom is 0.226 e. The molecule has 0 aliphatic heterocycles. The lowest BCUT2D eigenvalue weighted by Crippen LogP contribution is -2.50. The molecule has 234 valence electrons. The number of rotatable bonds is 17. The zero-order chi connectivity index (χ0) is 30.6. The van der Waals surface area contributed by atoms with Crippen LogP contribution in [0, 0.1) is 23.2 Å². The summed E-state index contributed by atoms with van der Waals surface area (Å²) < 4.78 is 16.5. The maximum atomic E-state index is 13.2. The van der Waals surface area contributed by atoms with Crippen molar-refractivity contribution in [3.05, 3.63) is 23.8 Å². The van der Waals surface area contributed by atoms with Gasteiger partial charge in [-0.2, -0.15) is 0 Å². The molecule has 0 saturated heterocycles. The van der Waals surface area contributed by atoms with Gasteiger partial charge in [-0.25, -0.2) is 0 Å². The largest absolute Gasteiger partial charge is 0.493 e. The fraction of sp³-hybridized carbons (Fsp3) is 0.750. The van der Waals surface area contributed by atoms with Gasteiger partial charge in [0, 0.05) is 51.1 Å². The SMILES string of the molecule is COCCCOc1cc(C[C@@H](C[C@H](N)[C@@H](O)CNC(=O)C(C)(C)C2CCC(NC(C)=O)CC2)C(C)C)ccc1OC. The number of methoxy groups -OCH3 is 2. The first-order valence-electron chi connectivity index (χ1n) is 15.2. The second-order valence-corrected chi connectivity index (χ2v) is 12.5. The Morgan fingerprint density at radius 1 is 1.10 bits per heavy atom. The average Bonchev–Trinajstić information content (AvgIpc) is 2.93. The third-order valence-corrected chi connectivity index (χ3v) is 8.70. The Morgan fingerprint density at radius 3 is 2.37 bits per heavy atom. The molecule has 2 amide bonds. The van der Waals surface area contributed by atoms with E-state index in [1.807, 2.05) is 32.0 Å². The molecule has 3 atom stereocenters. The van der Waals surface area contributed by atoms with Crippen LogP contribution in [0.1, 0.15) is 78.7 Å². The molecule has 0 bridgehead atoms. The zero-order valence-electron chi connectivity index (χ0n) is 26.3. The van der Waals surface area contributed by atoms with Crippen molar-refractivity contribution < 1.29 is 28.9 Å². The molecule has 9 nitrogen and oxygen atoms in total. The van der Waals surface area contributed by atoms with Crippen LogP contribution in [-0.2, 0) is 20.7 Å². The molecule has 1 aromatic rings. The van der Waals surface area contributed by atoms with E-state index in [9.17, 15) is 14.7 Å². The van der Waals surface area contributed by atoms with Crippen LogP contribution in [0.2, 0.25) is 0 Å². The smallest absolute Gasteiger partial charge is 0.226 e. The van der Waals surface area contributed by atoms with Crippen LogP contribution in [0.15, 0.2) is 18.2 Å². The first kappa shape index (κ1) is 34.8. The number of carbonyl (C=O) groups excluding carboxylic acids is 2. The van der Waals surface area contributed by atoms with Gasteiger partial charge < -0.3 is 35.7 Å². The lowest BCUT2D eigenvalue weighted by Gasteiger charge is -2.38. The topological polar surface area (TPSA) is 132 Å². The fourth-order valence-corrected chi connectivity index (χ4v) is 5.76. The molecule has 1 fully saturated rings. The van der Waals surface area contributed by atoms with E-state index in [0.29, 0.717) is 37.1 Å². The van der Waals surface area contributed by atoms with Crippen molar-refractivity contribution in [1.29, 1.82) is 0 Å². The summed E-state index contributed by atoms with van der Waals surface area (Å²) in [6, 6.07) is 5.71. The summed E-state index contributed by atoms with van der Waals surface area (Å²) in [6.07, 6.45) is 4.88. The lowest BCUT2D eigenvalue weighted by atomic mass is 9.69. The summed E-state index contributed by atoms with van der Waals surface area (Å²) in [5.41, 5.74) is 7.04. The van der Waals surface area contributed by atoms with Crippen molar-refractivity contribution in [2.24, 2.45) is 28.9 Å². The maximum absolute atomic E-state index is 13.2. The summed E-state index contributed by atoms with van der Waals surface area (Å²) in [5, 5.41) is 16.8. The normalized spacial score (nSPS) is 19.8. The molecule has 1 aliphatic rings. The molecule has 0 radical (unpaired) electrons. The highest BCUT2D eigenvalue weighted by atomic mass is 16.5. The number of nitrogens with one attached hydrogen (secondary N) is 2. The average molecular weight is 578 g/mol. The van der Waals surface area contributed by atoms with Crippen LogP contribution in [0.25, 0.3) is 0 Å². The van der Waals surface area contributed by atoms with Gasteiger partial charge in [0.25, 0.3) is 0 Å². The van der Waals surface area contributed by atoms with Gasteiger partial charge in [0.15, 0.2) is 11.5 Å². The van der Waals surface area contributed by atoms with Gasteiger partial charge in [0.05, 0.1) is 19.8 Å². The van der Waals surface area contributed by atoms with E-state index >= 15 is 0 Å². The minimum Gasteiger partial charge on any atom is -0.493 e. The summed E-state index contributed by atoms with van der Waals surface area (Å²) >= 11 is 0. The Balaban J connectivity index is 1.91. The standard InChI is InChI=1S/C32H55N3O6/c1-21(2)24(17-23-9-14-29(40-7)30(18-23)41-16-8-15-39-6)19-27(33)28(37)20-34-31(38)32(4,5)25-10-12-26(13-11-25)35-22(3)36/h9,14,18,21,24-28,37H,8,10-13,15-17,19-20,33H2,1-7H3,(H,34,38)(H,35,36)/t24-,25?,26?,27-,28-/m0/s1. The van der Waals surface area contributed by atoms with E-state index in [1.54, 1.807) is 21.1 Å². The van der Waals surface area contributed by atoms with Gasteiger partial charge in [-0.3, -0.25) is 9.59 Å². The Kier molecular flexibility index (Phi) is 14.4. The molecule has 1 aliphatic carbocycles. The van der Waals surface area contributed by atoms with E-state index < -0.39 is 17.6 Å². The van der Waals surface area contributed by atoms with Gasteiger partial charge in [0.1, 0.15) is 0 Å². The summed E-state index contributed by atoms with van der Waals surface area (Å²) in [7, 11) is 3.31. The van der Waals surface area contributed by atoms with E-state index in [0.717, 1.165) is 44.1 Å². The number of carbonyl (C=O) groups is 2. The molecule has 0 spiro atoms. The van der Waals surface area contributed by atoms with E-state index in [-0.39, 0.29) is 36.2 Å². The monoisotopic (exact) mass is 577 g/mol. The number of hydrogen-bond donors (Lipinski definition) is 4. The first-order chi connectivity index (χ1) is 19.4. The molecule has 1 saturated carbocycles. The highest BCUT2D eigenvalue weighted by Crippen LogP contribution is 2.38. The molecule has 5 N–H and O–H groups in total. The Bertz CT molecular complexity index is 945.